The highest BCUT2D eigenvalue weighted by atomic mass is 16.5. The molecule has 14 heavy (non-hydrogen) atoms. The molecule has 0 bridgehead atoms. The Morgan fingerprint density at radius 1 is 0.929 bits per heavy atom. The van der Waals surface area contributed by atoms with E-state index in [9.17, 15) is 0 Å². The molecule has 0 aliphatic carbocycles. The molecule has 2 heterocycles. The van der Waals surface area contributed by atoms with E-state index < -0.39 is 0 Å². The lowest BCUT2D eigenvalue weighted by Crippen LogP contribution is -2.42. The van der Waals surface area contributed by atoms with Gasteiger partial charge >= 0.3 is 0 Å². The molecule has 1 aliphatic rings. The summed E-state index contributed by atoms with van der Waals surface area (Å²) < 4.78 is 11.6. The Kier molecular flexibility index (Phi) is 1.62. The fourth-order valence-corrected chi connectivity index (χ4v) is 2.19. The molecule has 1 aromatic heterocycles. The molecule has 2 heteroatoms. The predicted molar refractivity (Wildman–Crippen MR) is 55.9 cm³/mol. The molecule has 0 N–H and O–H groups in total. The summed E-state index contributed by atoms with van der Waals surface area (Å²) in [5.41, 5.74) is 1.11. The average molecular weight is 194 g/mol. The van der Waals surface area contributed by atoms with Crippen molar-refractivity contribution in [2.45, 2.75) is 52.6 Å². The van der Waals surface area contributed by atoms with Crippen LogP contribution in [0.3, 0.4) is 0 Å². The van der Waals surface area contributed by atoms with Crippen LogP contribution in [0.1, 0.15) is 44.8 Å². The third-order valence-corrected chi connectivity index (χ3v) is 3.69. The van der Waals surface area contributed by atoms with Crippen LogP contribution in [0.5, 0.6) is 5.75 Å². The van der Waals surface area contributed by atoms with E-state index >= 15 is 0 Å². The van der Waals surface area contributed by atoms with Crippen LogP contribution in [0, 0.1) is 13.8 Å². The van der Waals surface area contributed by atoms with Crippen molar-refractivity contribution in [3.63, 3.8) is 0 Å². The van der Waals surface area contributed by atoms with Gasteiger partial charge in [-0.25, -0.2) is 0 Å². The van der Waals surface area contributed by atoms with Gasteiger partial charge in [-0.2, -0.15) is 0 Å². The Bertz CT molecular complexity index is 383. The molecule has 2 nitrogen and oxygen atoms in total. The summed E-state index contributed by atoms with van der Waals surface area (Å²) in [6, 6.07) is 0. The SMILES string of the molecule is Cc1oc(C)c2c1OC(C)(C)C2(C)C. The molecule has 0 spiro atoms. The number of hydrogen-bond donors (Lipinski definition) is 0. The van der Waals surface area contributed by atoms with Crippen molar-refractivity contribution >= 4 is 0 Å². The van der Waals surface area contributed by atoms with Crippen LogP contribution >= 0.6 is 0 Å². The monoisotopic (exact) mass is 194 g/mol. The van der Waals surface area contributed by atoms with Crippen LogP contribution in [0.25, 0.3) is 0 Å². The normalized spacial score (nSPS) is 21.9. The maximum Gasteiger partial charge on any atom is 0.165 e. The van der Waals surface area contributed by atoms with E-state index in [1.165, 1.54) is 5.56 Å². The Morgan fingerprint density at radius 3 is 2.00 bits per heavy atom. The Morgan fingerprint density at radius 2 is 1.50 bits per heavy atom. The minimum absolute atomic E-state index is 0.0180. The van der Waals surface area contributed by atoms with Gasteiger partial charge in [0.1, 0.15) is 17.1 Å². The van der Waals surface area contributed by atoms with E-state index in [-0.39, 0.29) is 11.0 Å². The zero-order chi connectivity index (χ0) is 10.7. The van der Waals surface area contributed by atoms with Crippen LogP contribution in [0.2, 0.25) is 0 Å². The molecule has 0 radical (unpaired) electrons. The molecular weight excluding hydrogens is 176 g/mol. The van der Waals surface area contributed by atoms with E-state index in [1.54, 1.807) is 0 Å². The first-order chi connectivity index (χ1) is 6.27. The highest BCUT2D eigenvalue weighted by molar-refractivity contribution is 5.50. The quantitative estimate of drug-likeness (QED) is 0.632. The summed E-state index contributed by atoms with van der Waals surface area (Å²) in [5.74, 6) is 2.85. The molecule has 0 saturated carbocycles. The predicted octanol–water partition coefficient (Wildman–Crippen LogP) is 3.35. The van der Waals surface area contributed by atoms with Crippen molar-refractivity contribution < 1.29 is 9.15 Å². The lowest BCUT2D eigenvalue weighted by molar-refractivity contribution is 0.0662. The lowest BCUT2D eigenvalue weighted by atomic mass is 9.74. The van der Waals surface area contributed by atoms with Crippen LogP contribution in [0.15, 0.2) is 4.42 Å². The topological polar surface area (TPSA) is 22.4 Å². The van der Waals surface area contributed by atoms with Crippen molar-refractivity contribution in [1.29, 1.82) is 0 Å². The minimum Gasteiger partial charge on any atom is -0.483 e. The molecule has 0 aromatic carbocycles. The molecule has 0 saturated heterocycles. The zero-order valence-electron chi connectivity index (χ0n) is 9.82. The Labute approximate surface area is 85.3 Å². The van der Waals surface area contributed by atoms with Gasteiger partial charge in [0.15, 0.2) is 5.75 Å². The molecular formula is C12H18O2. The van der Waals surface area contributed by atoms with Crippen molar-refractivity contribution in [1.82, 2.24) is 0 Å². The van der Waals surface area contributed by atoms with Crippen LogP contribution < -0.4 is 4.74 Å². The van der Waals surface area contributed by atoms with Gasteiger partial charge in [0.2, 0.25) is 0 Å². The summed E-state index contributed by atoms with van der Waals surface area (Å²) >= 11 is 0. The fourth-order valence-electron chi connectivity index (χ4n) is 2.19. The molecule has 0 atom stereocenters. The first-order valence-electron chi connectivity index (χ1n) is 5.07. The van der Waals surface area contributed by atoms with Gasteiger partial charge in [-0.15, -0.1) is 0 Å². The van der Waals surface area contributed by atoms with Crippen molar-refractivity contribution in [2.24, 2.45) is 0 Å². The third-order valence-electron chi connectivity index (χ3n) is 3.69. The second-order valence-corrected chi connectivity index (χ2v) is 5.16. The maximum atomic E-state index is 5.97. The number of hydrogen-bond acceptors (Lipinski definition) is 2. The molecule has 1 aliphatic heterocycles. The Balaban J connectivity index is 2.68. The van der Waals surface area contributed by atoms with Crippen LogP contribution in [-0.4, -0.2) is 5.60 Å². The van der Waals surface area contributed by atoms with Crippen molar-refractivity contribution in [3.05, 3.63) is 17.1 Å². The minimum atomic E-state index is -0.149. The molecule has 1 aromatic rings. The van der Waals surface area contributed by atoms with Gasteiger partial charge in [-0.1, -0.05) is 13.8 Å². The van der Waals surface area contributed by atoms with Gasteiger partial charge in [0.25, 0.3) is 0 Å². The zero-order valence-corrected chi connectivity index (χ0v) is 9.82. The summed E-state index contributed by atoms with van der Waals surface area (Å²) in [4.78, 5) is 0. The van der Waals surface area contributed by atoms with E-state index in [0.717, 1.165) is 17.3 Å². The summed E-state index contributed by atoms with van der Waals surface area (Å²) in [5, 5.41) is 0. The van der Waals surface area contributed by atoms with Gasteiger partial charge in [-0.3, -0.25) is 0 Å². The third kappa shape index (κ3) is 0.915. The van der Waals surface area contributed by atoms with Crippen LogP contribution in [0.4, 0.5) is 0 Å². The number of aryl methyl sites for hydroxylation is 2. The maximum absolute atomic E-state index is 5.97. The standard InChI is InChI=1S/C12H18O2/c1-7-9-10(8(2)13-7)14-12(5,6)11(9,3)4/h1-6H3. The van der Waals surface area contributed by atoms with E-state index in [2.05, 4.69) is 27.7 Å². The second-order valence-electron chi connectivity index (χ2n) is 5.16. The summed E-state index contributed by atoms with van der Waals surface area (Å²) in [7, 11) is 0. The summed E-state index contributed by atoms with van der Waals surface area (Å²) in [6.07, 6.45) is 0. The molecule has 0 fully saturated rings. The first-order valence-corrected chi connectivity index (χ1v) is 5.07. The number of furan rings is 1. The number of rotatable bonds is 0. The highest BCUT2D eigenvalue weighted by Crippen LogP contribution is 2.52. The number of ether oxygens (including phenoxy) is 1. The second kappa shape index (κ2) is 2.36. The van der Waals surface area contributed by atoms with Gasteiger partial charge in [0.05, 0.1) is 0 Å². The highest BCUT2D eigenvalue weighted by Gasteiger charge is 2.51. The van der Waals surface area contributed by atoms with E-state index in [1.807, 2.05) is 13.8 Å². The molecule has 78 valence electrons. The van der Waals surface area contributed by atoms with E-state index in [4.69, 9.17) is 9.15 Å². The van der Waals surface area contributed by atoms with Gasteiger partial charge in [0, 0.05) is 11.0 Å². The fraction of sp³-hybridized carbons (Fsp3) is 0.667. The average Bonchev–Trinajstić information content (AvgIpc) is 2.34. The summed E-state index contributed by atoms with van der Waals surface area (Å²) in [6.45, 7) is 12.7. The number of fused-ring (bicyclic) bond motifs is 1. The van der Waals surface area contributed by atoms with Crippen molar-refractivity contribution in [3.8, 4) is 5.75 Å². The lowest BCUT2D eigenvalue weighted by Gasteiger charge is -2.33. The van der Waals surface area contributed by atoms with Crippen LogP contribution in [-0.2, 0) is 5.41 Å². The molecule has 0 amide bonds. The van der Waals surface area contributed by atoms with E-state index in [0.29, 0.717) is 0 Å². The first kappa shape index (κ1) is 9.63. The van der Waals surface area contributed by atoms with Crippen molar-refractivity contribution in [2.75, 3.05) is 0 Å². The molecule has 0 unspecified atom stereocenters. The largest absolute Gasteiger partial charge is 0.483 e. The smallest absolute Gasteiger partial charge is 0.165 e. The van der Waals surface area contributed by atoms with Gasteiger partial charge < -0.3 is 9.15 Å². The Hall–Kier alpha value is -0.920. The van der Waals surface area contributed by atoms with Gasteiger partial charge in [-0.05, 0) is 27.7 Å². The molecule has 2 rings (SSSR count).